The number of H-pyrrole nitrogens is 1. The highest BCUT2D eigenvalue weighted by Gasteiger charge is 2.32. The van der Waals surface area contributed by atoms with Gasteiger partial charge in [0.2, 0.25) is 0 Å². The van der Waals surface area contributed by atoms with E-state index in [4.69, 9.17) is 4.74 Å². The molecule has 4 nitrogen and oxygen atoms in total. The maximum Gasteiger partial charge on any atom is 0.194 e. The molecule has 3 heterocycles. The van der Waals surface area contributed by atoms with Crippen LogP contribution in [0.3, 0.4) is 0 Å². The lowest BCUT2D eigenvalue weighted by molar-refractivity contribution is 0.301. The Hall–Kier alpha value is -2.59. The molecule has 5 rings (SSSR count). The van der Waals surface area contributed by atoms with Gasteiger partial charge in [0.1, 0.15) is 5.75 Å². The van der Waals surface area contributed by atoms with Crippen molar-refractivity contribution in [2.45, 2.75) is 19.0 Å². The van der Waals surface area contributed by atoms with Crippen LogP contribution >= 0.6 is 0 Å². The van der Waals surface area contributed by atoms with Crippen LogP contribution in [0.2, 0.25) is 0 Å². The van der Waals surface area contributed by atoms with E-state index in [-0.39, 0.29) is 11.5 Å². The monoisotopic (exact) mass is 318 g/mol. The lowest BCUT2D eigenvalue weighted by atomic mass is 9.99. The first kappa shape index (κ1) is 13.8. The highest BCUT2D eigenvalue weighted by atomic mass is 16.5. The maximum absolute atomic E-state index is 12.9. The Labute approximate surface area is 139 Å². The first-order valence-corrected chi connectivity index (χ1v) is 8.32. The first-order valence-electron chi connectivity index (χ1n) is 8.32. The predicted molar refractivity (Wildman–Crippen MR) is 93.5 cm³/mol. The lowest BCUT2D eigenvalue weighted by Crippen LogP contribution is -2.18. The Morgan fingerprint density at radius 1 is 1.21 bits per heavy atom. The summed E-state index contributed by atoms with van der Waals surface area (Å²) in [5, 5.41) is 0.771. The normalized spacial score (nSPS) is 19.3. The number of aromatic nitrogens is 1. The molecule has 0 bridgehead atoms. The molecular formula is C20H18N2O2. The quantitative estimate of drug-likeness (QED) is 0.750. The summed E-state index contributed by atoms with van der Waals surface area (Å²) in [5.74, 6) is 0.992. The number of hydrogen-bond donors (Lipinski definition) is 1. The van der Waals surface area contributed by atoms with Gasteiger partial charge in [-0.3, -0.25) is 9.69 Å². The van der Waals surface area contributed by atoms with Crippen LogP contribution in [-0.4, -0.2) is 23.5 Å². The Morgan fingerprint density at radius 2 is 2.08 bits per heavy atom. The molecular weight excluding hydrogens is 300 g/mol. The number of fused-ring (bicyclic) bond motifs is 3. The second-order valence-electron chi connectivity index (χ2n) is 6.68. The number of hydrogen-bond acceptors (Lipinski definition) is 3. The van der Waals surface area contributed by atoms with Crippen LogP contribution in [0.5, 0.6) is 5.75 Å². The Morgan fingerprint density at radius 3 is 3.00 bits per heavy atom. The molecule has 1 aromatic heterocycles. The van der Waals surface area contributed by atoms with Gasteiger partial charge in [-0.1, -0.05) is 24.3 Å². The molecule has 1 N–H and O–H groups in total. The molecule has 0 saturated carbocycles. The molecule has 0 saturated heterocycles. The van der Waals surface area contributed by atoms with Crippen molar-refractivity contribution >= 4 is 10.9 Å². The number of para-hydroxylation sites is 1. The third-order valence-electron chi connectivity index (χ3n) is 5.19. The van der Waals surface area contributed by atoms with Gasteiger partial charge in [0, 0.05) is 35.1 Å². The molecule has 2 aromatic carbocycles. The van der Waals surface area contributed by atoms with Gasteiger partial charge in [-0.2, -0.15) is 0 Å². The number of rotatable bonds is 1. The Bertz CT molecular complexity index is 1020. The Kier molecular flexibility index (Phi) is 2.85. The van der Waals surface area contributed by atoms with E-state index in [2.05, 4.69) is 35.1 Å². The number of ether oxygens (including phenoxy) is 1. The number of aromatic amines is 1. The zero-order valence-corrected chi connectivity index (χ0v) is 13.5. The van der Waals surface area contributed by atoms with Gasteiger partial charge in [0.05, 0.1) is 12.6 Å². The molecule has 0 unspecified atom stereocenters. The molecule has 0 amide bonds. The van der Waals surface area contributed by atoms with Crippen LogP contribution in [0.15, 0.2) is 47.3 Å². The van der Waals surface area contributed by atoms with E-state index in [1.165, 1.54) is 11.1 Å². The van der Waals surface area contributed by atoms with E-state index in [1.807, 2.05) is 24.3 Å². The molecule has 3 aromatic rings. The minimum Gasteiger partial charge on any atom is -0.493 e. The topological polar surface area (TPSA) is 45.3 Å². The van der Waals surface area contributed by atoms with Crippen molar-refractivity contribution in [2.75, 3.05) is 13.7 Å². The number of pyridine rings is 1. The standard InChI is InChI=1S/C20H18N2O2/c1-22-11-15-18(21-16-5-3-2-4-14(16)20(15)23)19(22)13-6-7-17-12(10-13)8-9-24-17/h2-7,10,19H,8-9,11H2,1H3,(H,21,23)/t19-/m1/s1. The lowest BCUT2D eigenvalue weighted by Gasteiger charge is -2.21. The summed E-state index contributed by atoms with van der Waals surface area (Å²) in [6, 6.07) is 14.2. The van der Waals surface area contributed by atoms with Gasteiger partial charge < -0.3 is 9.72 Å². The van der Waals surface area contributed by atoms with Crippen LogP contribution in [-0.2, 0) is 13.0 Å². The van der Waals surface area contributed by atoms with E-state index >= 15 is 0 Å². The second-order valence-corrected chi connectivity index (χ2v) is 6.68. The van der Waals surface area contributed by atoms with E-state index in [0.29, 0.717) is 6.54 Å². The van der Waals surface area contributed by atoms with Gasteiger partial charge in [0.25, 0.3) is 0 Å². The molecule has 2 aliphatic heterocycles. The molecule has 24 heavy (non-hydrogen) atoms. The van der Waals surface area contributed by atoms with Crippen molar-refractivity contribution in [1.29, 1.82) is 0 Å². The average Bonchev–Trinajstić information content (AvgIpc) is 3.18. The van der Waals surface area contributed by atoms with Crippen molar-refractivity contribution in [3.63, 3.8) is 0 Å². The van der Waals surface area contributed by atoms with E-state index in [1.54, 1.807) is 0 Å². The fraction of sp³-hybridized carbons (Fsp3) is 0.250. The van der Waals surface area contributed by atoms with Crippen LogP contribution < -0.4 is 10.2 Å². The predicted octanol–water partition coefficient (Wildman–Crippen LogP) is 3.00. The molecule has 120 valence electrons. The third-order valence-corrected chi connectivity index (χ3v) is 5.19. The van der Waals surface area contributed by atoms with E-state index in [9.17, 15) is 4.79 Å². The SMILES string of the molecule is CN1Cc2c([nH]c3ccccc3c2=O)[C@H]1c1ccc2c(c1)CCO2. The van der Waals surface area contributed by atoms with E-state index < -0.39 is 0 Å². The minimum absolute atomic E-state index is 0.0863. The van der Waals surface area contributed by atoms with Crippen molar-refractivity contribution in [3.05, 3.63) is 75.1 Å². The average molecular weight is 318 g/mol. The number of nitrogens with one attached hydrogen (secondary N) is 1. The molecule has 2 aliphatic rings. The van der Waals surface area contributed by atoms with Gasteiger partial charge in [0.15, 0.2) is 5.43 Å². The van der Waals surface area contributed by atoms with Gasteiger partial charge in [-0.25, -0.2) is 0 Å². The molecule has 1 atom stereocenters. The maximum atomic E-state index is 12.9. The summed E-state index contributed by atoms with van der Waals surface area (Å²) in [4.78, 5) is 18.6. The van der Waals surface area contributed by atoms with Gasteiger partial charge >= 0.3 is 0 Å². The van der Waals surface area contributed by atoms with Crippen molar-refractivity contribution in [1.82, 2.24) is 9.88 Å². The van der Waals surface area contributed by atoms with Crippen molar-refractivity contribution in [2.24, 2.45) is 0 Å². The largest absolute Gasteiger partial charge is 0.493 e. The fourth-order valence-electron chi connectivity index (χ4n) is 4.04. The zero-order valence-electron chi connectivity index (χ0n) is 13.5. The molecule has 4 heteroatoms. The summed E-state index contributed by atoms with van der Waals surface area (Å²) >= 11 is 0. The smallest absolute Gasteiger partial charge is 0.194 e. The summed E-state index contributed by atoms with van der Waals surface area (Å²) in [7, 11) is 2.08. The Balaban J connectivity index is 1.71. The minimum atomic E-state index is 0.0863. The summed E-state index contributed by atoms with van der Waals surface area (Å²) < 4.78 is 5.62. The summed E-state index contributed by atoms with van der Waals surface area (Å²) in [5.41, 5.74) is 5.45. The van der Waals surface area contributed by atoms with E-state index in [0.717, 1.165) is 40.9 Å². The van der Waals surface area contributed by atoms with Crippen molar-refractivity contribution < 1.29 is 4.74 Å². The summed E-state index contributed by atoms with van der Waals surface area (Å²) in [6.45, 7) is 1.44. The van der Waals surface area contributed by atoms with Crippen LogP contribution in [0.1, 0.15) is 28.4 Å². The number of nitrogens with zero attached hydrogens (tertiary/aromatic N) is 1. The van der Waals surface area contributed by atoms with Crippen molar-refractivity contribution in [3.8, 4) is 5.75 Å². The second kappa shape index (κ2) is 4.95. The first-order chi connectivity index (χ1) is 11.7. The summed E-state index contributed by atoms with van der Waals surface area (Å²) in [6.07, 6.45) is 0.959. The highest BCUT2D eigenvalue weighted by molar-refractivity contribution is 5.79. The molecule has 0 radical (unpaired) electrons. The van der Waals surface area contributed by atoms with Gasteiger partial charge in [-0.05, 0) is 36.4 Å². The van der Waals surface area contributed by atoms with Crippen LogP contribution in [0.4, 0.5) is 0 Å². The molecule has 0 fully saturated rings. The highest BCUT2D eigenvalue weighted by Crippen LogP contribution is 2.38. The number of benzene rings is 2. The third kappa shape index (κ3) is 1.86. The zero-order chi connectivity index (χ0) is 16.3. The van der Waals surface area contributed by atoms with Gasteiger partial charge in [-0.15, -0.1) is 0 Å². The van der Waals surface area contributed by atoms with Crippen LogP contribution in [0.25, 0.3) is 10.9 Å². The fourth-order valence-corrected chi connectivity index (χ4v) is 4.04. The molecule has 0 spiro atoms. The van der Waals surface area contributed by atoms with Crippen LogP contribution in [0, 0.1) is 0 Å². The molecule has 0 aliphatic carbocycles.